The number of aryl methyl sites for hydroxylation is 1. The third kappa shape index (κ3) is 3.08. The van der Waals surface area contributed by atoms with Crippen molar-refractivity contribution in [1.29, 1.82) is 5.26 Å². The van der Waals surface area contributed by atoms with Crippen LogP contribution < -0.4 is 4.74 Å². The van der Waals surface area contributed by atoms with Gasteiger partial charge in [0.2, 0.25) is 0 Å². The summed E-state index contributed by atoms with van der Waals surface area (Å²) in [7, 11) is 0. The molecule has 0 saturated heterocycles. The number of benzene rings is 1. The molecule has 0 N–H and O–H groups in total. The SMILES string of the molecule is Cc1ccn(CCOc2cccc(C#N)c2)n1. The second-order valence-corrected chi connectivity index (χ2v) is 3.71. The molecule has 2 rings (SSSR count). The molecule has 0 atom stereocenters. The maximum atomic E-state index is 8.75. The standard InChI is InChI=1S/C13H13N3O/c1-11-5-6-16(15-11)7-8-17-13-4-2-3-12(9-13)10-14/h2-6,9H,7-8H2,1H3. The van der Waals surface area contributed by atoms with Crippen molar-refractivity contribution in [3.63, 3.8) is 0 Å². The molecule has 86 valence electrons. The van der Waals surface area contributed by atoms with Gasteiger partial charge in [0.15, 0.2) is 0 Å². The number of hydrogen-bond donors (Lipinski definition) is 0. The lowest BCUT2D eigenvalue weighted by Gasteiger charge is -2.06. The molecule has 0 fully saturated rings. The average Bonchev–Trinajstić information content (AvgIpc) is 2.75. The van der Waals surface area contributed by atoms with Crippen LogP contribution in [0.15, 0.2) is 36.5 Å². The smallest absolute Gasteiger partial charge is 0.120 e. The number of aromatic nitrogens is 2. The van der Waals surface area contributed by atoms with Crippen LogP contribution in [0, 0.1) is 18.3 Å². The Morgan fingerprint density at radius 2 is 2.29 bits per heavy atom. The van der Waals surface area contributed by atoms with Crippen molar-refractivity contribution >= 4 is 0 Å². The number of ether oxygens (including phenoxy) is 1. The van der Waals surface area contributed by atoms with E-state index in [1.54, 1.807) is 12.1 Å². The summed E-state index contributed by atoms with van der Waals surface area (Å²) in [6.07, 6.45) is 1.92. The van der Waals surface area contributed by atoms with Gasteiger partial charge in [-0.15, -0.1) is 0 Å². The molecule has 2 aromatic rings. The molecule has 1 aromatic carbocycles. The van der Waals surface area contributed by atoms with E-state index in [4.69, 9.17) is 10.00 Å². The van der Waals surface area contributed by atoms with Crippen molar-refractivity contribution in [2.24, 2.45) is 0 Å². The fraction of sp³-hybridized carbons (Fsp3) is 0.231. The molecule has 0 unspecified atom stereocenters. The van der Waals surface area contributed by atoms with E-state index in [2.05, 4.69) is 11.2 Å². The first-order chi connectivity index (χ1) is 8.28. The largest absolute Gasteiger partial charge is 0.492 e. The average molecular weight is 227 g/mol. The van der Waals surface area contributed by atoms with Gasteiger partial charge in [-0.25, -0.2) is 0 Å². The Hall–Kier alpha value is -2.28. The van der Waals surface area contributed by atoms with E-state index in [0.717, 1.165) is 5.69 Å². The molecule has 0 amide bonds. The Bertz CT molecular complexity index is 540. The summed E-state index contributed by atoms with van der Waals surface area (Å²) in [6.45, 7) is 3.19. The third-order valence-corrected chi connectivity index (χ3v) is 2.33. The molecule has 17 heavy (non-hydrogen) atoms. The summed E-state index contributed by atoms with van der Waals surface area (Å²) in [5, 5.41) is 13.0. The van der Waals surface area contributed by atoms with Crippen LogP contribution in [-0.2, 0) is 6.54 Å². The van der Waals surface area contributed by atoms with Crippen molar-refractivity contribution in [1.82, 2.24) is 9.78 Å². The van der Waals surface area contributed by atoms with Gasteiger partial charge in [0.1, 0.15) is 12.4 Å². The van der Waals surface area contributed by atoms with Gasteiger partial charge in [0.25, 0.3) is 0 Å². The summed E-state index contributed by atoms with van der Waals surface area (Å²) >= 11 is 0. The first kappa shape index (κ1) is 11.2. The molecule has 0 aliphatic carbocycles. The van der Waals surface area contributed by atoms with Crippen molar-refractivity contribution in [3.8, 4) is 11.8 Å². The molecule has 1 aromatic heterocycles. The minimum atomic E-state index is 0.538. The van der Waals surface area contributed by atoms with Crippen LogP contribution in [-0.4, -0.2) is 16.4 Å². The van der Waals surface area contributed by atoms with E-state index in [1.807, 2.05) is 36.0 Å². The molecule has 0 saturated carbocycles. The Morgan fingerprint density at radius 3 is 3.00 bits per heavy atom. The van der Waals surface area contributed by atoms with Crippen molar-refractivity contribution in [2.45, 2.75) is 13.5 Å². The van der Waals surface area contributed by atoms with Crippen LogP contribution in [0.25, 0.3) is 0 Å². The van der Waals surface area contributed by atoms with E-state index in [0.29, 0.717) is 24.5 Å². The molecule has 4 heteroatoms. The topological polar surface area (TPSA) is 50.8 Å². The quantitative estimate of drug-likeness (QED) is 0.804. The Kier molecular flexibility index (Phi) is 3.41. The van der Waals surface area contributed by atoms with E-state index < -0.39 is 0 Å². The highest BCUT2D eigenvalue weighted by molar-refractivity contribution is 5.36. The lowest BCUT2D eigenvalue weighted by atomic mass is 10.2. The molecular weight excluding hydrogens is 214 g/mol. The van der Waals surface area contributed by atoms with Crippen LogP contribution in [0.1, 0.15) is 11.3 Å². The normalized spacial score (nSPS) is 9.88. The fourth-order valence-electron chi connectivity index (χ4n) is 1.50. The predicted molar refractivity (Wildman–Crippen MR) is 63.6 cm³/mol. The first-order valence-corrected chi connectivity index (χ1v) is 5.41. The monoisotopic (exact) mass is 227 g/mol. The van der Waals surface area contributed by atoms with E-state index >= 15 is 0 Å². The summed E-state index contributed by atoms with van der Waals surface area (Å²) in [5.74, 6) is 0.716. The molecule has 0 aliphatic heterocycles. The Balaban J connectivity index is 1.88. The predicted octanol–water partition coefficient (Wildman–Crippen LogP) is 2.14. The number of nitriles is 1. The zero-order valence-corrected chi connectivity index (χ0v) is 9.63. The summed E-state index contributed by atoms with van der Waals surface area (Å²) in [6, 6.07) is 11.2. The maximum absolute atomic E-state index is 8.75. The van der Waals surface area contributed by atoms with Gasteiger partial charge >= 0.3 is 0 Å². The van der Waals surface area contributed by atoms with Crippen LogP contribution in [0.5, 0.6) is 5.75 Å². The van der Waals surface area contributed by atoms with Gasteiger partial charge in [0.05, 0.1) is 23.9 Å². The highest BCUT2D eigenvalue weighted by atomic mass is 16.5. The van der Waals surface area contributed by atoms with Gasteiger partial charge in [-0.1, -0.05) is 6.07 Å². The van der Waals surface area contributed by atoms with Gasteiger partial charge < -0.3 is 4.74 Å². The van der Waals surface area contributed by atoms with Crippen molar-refractivity contribution in [3.05, 3.63) is 47.8 Å². The zero-order valence-electron chi connectivity index (χ0n) is 9.63. The Labute approximate surface area is 100 Å². The lowest BCUT2D eigenvalue weighted by molar-refractivity contribution is 0.291. The van der Waals surface area contributed by atoms with Crippen LogP contribution in [0.3, 0.4) is 0 Å². The van der Waals surface area contributed by atoms with Crippen LogP contribution in [0.4, 0.5) is 0 Å². The van der Waals surface area contributed by atoms with Gasteiger partial charge in [-0.3, -0.25) is 4.68 Å². The minimum absolute atomic E-state index is 0.538. The summed E-state index contributed by atoms with van der Waals surface area (Å²) in [4.78, 5) is 0. The van der Waals surface area contributed by atoms with Crippen LogP contribution in [0.2, 0.25) is 0 Å². The number of hydrogen-bond acceptors (Lipinski definition) is 3. The number of nitrogens with zero attached hydrogens (tertiary/aromatic N) is 3. The Morgan fingerprint density at radius 1 is 1.41 bits per heavy atom. The summed E-state index contributed by atoms with van der Waals surface area (Å²) < 4.78 is 7.39. The minimum Gasteiger partial charge on any atom is -0.492 e. The van der Waals surface area contributed by atoms with Gasteiger partial charge in [-0.2, -0.15) is 10.4 Å². The molecule has 4 nitrogen and oxygen atoms in total. The number of rotatable bonds is 4. The van der Waals surface area contributed by atoms with Crippen LogP contribution >= 0.6 is 0 Å². The van der Waals surface area contributed by atoms with Crippen molar-refractivity contribution in [2.75, 3.05) is 6.61 Å². The van der Waals surface area contributed by atoms with Gasteiger partial charge in [0, 0.05) is 6.20 Å². The molecule has 0 aliphatic rings. The third-order valence-electron chi connectivity index (χ3n) is 2.33. The van der Waals surface area contributed by atoms with Crippen molar-refractivity contribution < 1.29 is 4.74 Å². The fourth-order valence-corrected chi connectivity index (χ4v) is 1.50. The highest BCUT2D eigenvalue weighted by Gasteiger charge is 1.97. The molecule has 1 heterocycles. The van der Waals surface area contributed by atoms with E-state index in [-0.39, 0.29) is 0 Å². The zero-order chi connectivity index (χ0) is 12.1. The molecule has 0 bridgehead atoms. The molecule has 0 spiro atoms. The first-order valence-electron chi connectivity index (χ1n) is 5.41. The second kappa shape index (κ2) is 5.17. The summed E-state index contributed by atoms with van der Waals surface area (Å²) in [5.41, 5.74) is 1.61. The molecular formula is C13H13N3O. The van der Waals surface area contributed by atoms with Gasteiger partial charge in [-0.05, 0) is 31.2 Å². The van der Waals surface area contributed by atoms with E-state index in [1.165, 1.54) is 0 Å². The lowest BCUT2D eigenvalue weighted by Crippen LogP contribution is -2.08. The van der Waals surface area contributed by atoms with E-state index in [9.17, 15) is 0 Å². The molecule has 0 radical (unpaired) electrons. The highest BCUT2D eigenvalue weighted by Crippen LogP contribution is 2.12. The second-order valence-electron chi connectivity index (χ2n) is 3.71. The maximum Gasteiger partial charge on any atom is 0.120 e.